The Morgan fingerprint density at radius 2 is 1.85 bits per heavy atom. The van der Waals surface area contributed by atoms with Crippen LogP contribution in [0.4, 0.5) is 5.69 Å². The standard InChI is InChI=1S/C25H26N4O4S/c1-2-19(16-6-4-3-5-7-16)25(31)29-12-10-17(11-13-29)23-27-28-24(34-23)22(30)26-18-8-9-20-21(14-18)33-15-32-20/h3-9,14,17,19H,2,10-13,15H2,1H3,(H,26,30). The molecule has 2 amide bonds. The zero-order valence-electron chi connectivity index (χ0n) is 18.9. The summed E-state index contributed by atoms with van der Waals surface area (Å²) < 4.78 is 10.7. The maximum Gasteiger partial charge on any atom is 0.286 e. The summed E-state index contributed by atoms with van der Waals surface area (Å²) >= 11 is 1.32. The normalized spacial score (nSPS) is 16.3. The molecule has 1 aromatic heterocycles. The van der Waals surface area contributed by atoms with Gasteiger partial charge < -0.3 is 19.7 Å². The molecule has 2 aliphatic heterocycles. The third-order valence-electron chi connectivity index (χ3n) is 6.33. The smallest absolute Gasteiger partial charge is 0.286 e. The molecule has 1 atom stereocenters. The van der Waals surface area contributed by atoms with Gasteiger partial charge in [0.1, 0.15) is 5.01 Å². The van der Waals surface area contributed by atoms with Crippen LogP contribution in [0.3, 0.4) is 0 Å². The molecule has 0 aliphatic carbocycles. The number of piperidine rings is 1. The lowest BCUT2D eigenvalue weighted by Gasteiger charge is -2.33. The van der Waals surface area contributed by atoms with Crippen LogP contribution in [0.5, 0.6) is 11.5 Å². The molecule has 3 aromatic rings. The van der Waals surface area contributed by atoms with Crippen molar-refractivity contribution >= 4 is 28.8 Å². The molecule has 1 unspecified atom stereocenters. The van der Waals surface area contributed by atoms with Crippen molar-refractivity contribution in [2.24, 2.45) is 0 Å². The first-order valence-electron chi connectivity index (χ1n) is 11.5. The molecule has 8 nitrogen and oxygen atoms in total. The van der Waals surface area contributed by atoms with Crippen LogP contribution in [0, 0.1) is 0 Å². The minimum atomic E-state index is -0.302. The van der Waals surface area contributed by atoms with Crippen molar-refractivity contribution in [2.45, 2.75) is 38.0 Å². The predicted molar refractivity (Wildman–Crippen MR) is 128 cm³/mol. The average molecular weight is 479 g/mol. The second-order valence-corrected chi connectivity index (χ2v) is 9.45. The first-order valence-corrected chi connectivity index (χ1v) is 12.3. The molecule has 0 spiro atoms. The van der Waals surface area contributed by atoms with E-state index in [0.717, 1.165) is 29.8 Å². The number of fused-ring (bicyclic) bond motifs is 1. The zero-order chi connectivity index (χ0) is 23.5. The molecule has 0 radical (unpaired) electrons. The zero-order valence-corrected chi connectivity index (χ0v) is 19.7. The fourth-order valence-corrected chi connectivity index (χ4v) is 5.36. The molecule has 5 rings (SSSR count). The van der Waals surface area contributed by atoms with E-state index in [4.69, 9.17) is 9.47 Å². The van der Waals surface area contributed by atoms with Crippen LogP contribution in [0.25, 0.3) is 0 Å². The van der Waals surface area contributed by atoms with Gasteiger partial charge in [-0.2, -0.15) is 0 Å². The molecule has 9 heteroatoms. The molecule has 2 aromatic carbocycles. The molecular formula is C25H26N4O4S. The van der Waals surface area contributed by atoms with Crippen LogP contribution in [0.2, 0.25) is 0 Å². The molecule has 34 heavy (non-hydrogen) atoms. The highest BCUT2D eigenvalue weighted by Gasteiger charge is 2.30. The van der Waals surface area contributed by atoms with Crippen LogP contribution in [-0.4, -0.2) is 46.8 Å². The Hall–Kier alpha value is -3.46. The summed E-state index contributed by atoms with van der Waals surface area (Å²) in [7, 11) is 0. The number of nitrogens with one attached hydrogen (secondary N) is 1. The highest BCUT2D eigenvalue weighted by Crippen LogP contribution is 2.35. The molecule has 1 saturated heterocycles. The molecule has 1 fully saturated rings. The first-order chi connectivity index (χ1) is 16.6. The van der Waals surface area contributed by atoms with Gasteiger partial charge >= 0.3 is 0 Å². The van der Waals surface area contributed by atoms with Crippen LogP contribution < -0.4 is 14.8 Å². The van der Waals surface area contributed by atoms with Crippen molar-refractivity contribution < 1.29 is 19.1 Å². The maximum absolute atomic E-state index is 13.1. The van der Waals surface area contributed by atoms with Gasteiger partial charge in [0.15, 0.2) is 11.5 Å². The number of nitrogens with zero attached hydrogens (tertiary/aromatic N) is 3. The monoisotopic (exact) mass is 478 g/mol. The Labute approximate surface area is 201 Å². The summed E-state index contributed by atoms with van der Waals surface area (Å²) in [5, 5.41) is 12.4. The molecular weight excluding hydrogens is 452 g/mol. The van der Waals surface area contributed by atoms with Crippen molar-refractivity contribution in [3.8, 4) is 11.5 Å². The van der Waals surface area contributed by atoms with Crippen molar-refractivity contribution in [3.05, 3.63) is 64.1 Å². The van der Waals surface area contributed by atoms with Crippen molar-refractivity contribution in [3.63, 3.8) is 0 Å². The Morgan fingerprint density at radius 1 is 1.09 bits per heavy atom. The van der Waals surface area contributed by atoms with Crippen LogP contribution in [0.1, 0.15) is 58.4 Å². The van der Waals surface area contributed by atoms with Crippen LogP contribution in [0.15, 0.2) is 48.5 Å². The van der Waals surface area contributed by atoms with Gasteiger partial charge in [-0.3, -0.25) is 9.59 Å². The lowest BCUT2D eigenvalue weighted by Crippen LogP contribution is -2.40. The predicted octanol–water partition coefficient (Wildman–Crippen LogP) is 4.42. The van der Waals surface area contributed by atoms with E-state index in [9.17, 15) is 9.59 Å². The number of amides is 2. The van der Waals surface area contributed by atoms with Crippen LogP contribution >= 0.6 is 11.3 Å². The Kier molecular flexibility index (Phi) is 6.44. The largest absolute Gasteiger partial charge is 0.454 e. The third-order valence-corrected chi connectivity index (χ3v) is 7.41. The number of benzene rings is 2. The van der Waals surface area contributed by atoms with Crippen molar-refractivity contribution in [1.82, 2.24) is 15.1 Å². The molecule has 0 saturated carbocycles. The van der Waals surface area contributed by atoms with E-state index >= 15 is 0 Å². The minimum Gasteiger partial charge on any atom is -0.454 e. The molecule has 3 heterocycles. The fourth-order valence-electron chi connectivity index (χ4n) is 4.46. The lowest BCUT2D eigenvalue weighted by atomic mass is 9.92. The van der Waals surface area contributed by atoms with E-state index in [0.29, 0.717) is 35.3 Å². The summed E-state index contributed by atoms with van der Waals surface area (Å²) in [6.45, 7) is 3.61. The fraction of sp³-hybridized carbons (Fsp3) is 0.360. The van der Waals surface area contributed by atoms with E-state index in [1.807, 2.05) is 35.2 Å². The lowest BCUT2D eigenvalue weighted by molar-refractivity contribution is -0.134. The Morgan fingerprint density at radius 3 is 2.62 bits per heavy atom. The number of anilines is 1. The molecule has 0 bridgehead atoms. The van der Waals surface area contributed by atoms with Gasteiger partial charge in [0.25, 0.3) is 5.91 Å². The number of hydrogen-bond donors (Lipinski definition) is 1. The number of rotatable bonds is 6. The van der Waals surface area contributed by atoms with E-state index in [2.05, 4.69) is 22.4 Å². The number of carbonyl (C=O) groups excluding carboxylic acids is 2. The summed E-state index contributed by atoms with van der Waals surface area (Å²) in [4.78, 5) is 27.8. The number of likely N-dealkylation sites (tertiary alicyclic amines) is 1. The number of hydrogen-bond acceptors (Lipinski definition) is 7. The van der Waals surface area contributed by atoms with Gasteiger partial charge in [0.2, 0.25) is 17.7 Å². The third kappa shape index (κ3) is 4.61. The molecule has 1 N–H and O–H groups in total. The topological polar surface area (TPSA) is 93.7 Å². The van der Waals surface area contributed by atoms with E-state index in [1.165, 1.54) is 11.3 Å². The summed E-state index contributed by atoms with van der Waals surface area (Å²) in [5.41, 5.74) is 1.68. The summed E-state index contributed by atoms with van der Waals surface area (Å²) in [5.74, 6) is 1.25. The molecule has 2 aliphatic rings. The van der Waals surface area contributed by atoms with Gasteiger partial charge in [0.05, 0.1) is 5.92 Å². The van der Waals surface area contributed by atoms with Gasteiger partial charge in [-0.05, 0) is 37.0 Å². The van der Waals surface area contributed by atoms with Crippen molar-refractivity contribution in [1.29, 1.82) is 0 Å². The molecule has 176 valence electrons. The SMILES string of the molecule is CCC(C(=O)N1CCC(c2nnc(C(=O)Nc3ccc4c(c3)OCO4)s2)CC1)c1ccccc1. The minimum absolute atomic E-state index is 0.106. The number of carbonyl (C=O) groups is 2. The highest BCUT2D eigenvalue weighted by atomic mass is 32.1. The highest BCUT2D eigenvalue weighted by molar-refractivity contribution is 7.13. The Bertz CT molecular complexity index is 1170. The van der Waals surface area contributed by atoms with Crippen molar-refractivity contribution in [2.75, 3.05) is 25.2 Å². The van der Waals surface area contributed by atoms with Crippen LogP contribution in [-0.2, 0) is 4.79 Å². The van der Waals surface area contributed by atoms with Gasteiger partial charge in [0, 0.05) is 30.8 Å². The van der Waals surface area contributed by atoms with E-state index in [-0.39, 0.29) is 30.4 Å². The van der Waals surface area contributed by atoms with E-state index < -0.39 is 0 Å². The van der Waals surface area contributed by atoms with Gasteiger partial charge in [-0.15, -0.1) is 10.2 Å². The van der Waals surface area contributed by atoms with E-state index in [1.54, 1.807) is 18.2 Å². The average Bonchev–Trinajstić information content (AvgIpc) is 3.55. The first kappa shape index (κ1) is 22.3. The quantitative estimate of drug-likeness (QED) is 0.564. The summed E-state index contributed by atoms with van der Waals surface area (Å²) in [6.07, 6.45) is 2.41. The summed E-state index contributed by atoms with van der Waals surface area (Å²) in [6, 6.07) is 15.2. The second-order valence-electron chi connectivity index (χ2n) is 8.44. The van der Waals surface area contributed by atoms with Gasteiger partial charge in [-0.1, -0.05) is 48.6 Å². The Balaban J connectivity index is 1.18. The number of ether oxygens (including phenoxy) is 2. The number of aromatic nitrogens is 2. The second kappa shape index (κ2) is 9.80. The maximum atomic E-state index is 13.1. The van der Waals surface area contributed by atoms with Gasteiger partial charge in [-0.25, -0.2) is 0 Å².